The first-order valence-electron chi connectivity index (χ1n) is 6.36. The number of nitrogens with one attached hydrogen (secondary N) is 1. The fraction of sp³-hybridized carbons (Fsp3) is 0.188. The summed E-state index contributed by atoms with van der Waals surface area (Å²) in [5.74, 6) is -0.499. The number of anilines is 1. The number of nitriles is 1. The maximum absolute atomic E-state index is 13.6. The van der Waals surface area contributed by atoms with Crippen molar-refractivity contribution in [1.82, 2.24) is 0 Å². The zero-order chi connectivity index (χ0) is 14.5. The number of halogens is 2. The topological polar surface area (TPSA) is 35.8 Å². The van der Waals surface area contributed by atoms with Crippen molar-refractivity contribution in [2.24, 2.45) is 0 Å². The Hall–Kier alpha value is -1.86. The molecule has 0 radical (unpaired) electrons. The molecule has 0 aliphatic rings. The van der Waals surface area contributed by atoms with Crippen LogP contribution in [0.4, 0.5) is 10.1 Å². The van der Waals surface area contributed by atoms with Crippen molar-refractivity contribution in [3.05, 3.63) is 63.9 Å². The minimum atomic E-state index is -0.499. The van der Waals surface area contributed by atoms with E-state index in [-0.39, 0.29) is 11.6 Å². The smallest absolute Gasteiger partial charge is 0.143 e. The molecule has 0 spiro atoms. The lowest BCUT2D eigenvalue weighted by Crippen LogP contribution is -2.11. The van der Waals surface area contributed by atoms with Crippen molar-refractivity contribution < 1.29 is 4.39 Å². The average molecular weight is 333 g/mol. The highest BCUT2D eigenvalue weighted by Gasteiger charge is 2.13. The Labute approximate surface area is 126 Å². The van der Waals surface area contributed by atoms with E-state index in [9.17, 15) is 4.39 Å². The van der Waals surface area contributed by atoms with E-state index in [1.807, 2.05) is 37.3 Å². The number of hydrogen-bond acceptors (Lipinski definition) is 2. The molecule has 0 amide bonds. The Morgan fingerprint density at radius 3 is 2.70 bits per heavy atom. The fourth-order valence-corrected chi connectivity index (χ4v) is 2.51. The molecular formula is C16H14BrFN2. The van der Waals surface area contributed by atoms with E-state index in [2.05, 4.69) is 21.2 Å². The van der Waals surface area contributed by atoms with Gasteiger partial charge in [-0.1, -0.05) is 41.1 Å². The van der Waals surface area contributed by atoms with Crippen LogP contribution in [0.15, 0.2) is 46.9 Å². The second-order valence-corrected chi connectivity index (χ2v) is 5.35. The van der Waals surface area contributed by atoms with Crippen LogP contribution in [0, 0.1) is 17.1 Å². The number of nitrogens with zero attached hydrogens (tertiary/aromatic N) is 1. The highest BCUT2D eigenvalue weighted by molar-refractivity contribution is 9.10. The Balaban J connectivity index is 2.32. The summed E-state index contributed by atoms with van der Waals surface area (Å²) in [6.45, 7) is 2.05. The first-order chi connectivity index (χ1) is 9.65. The second kappa shape index (κ2) is 6.53. The first kappa shape index (κ1) is 14.5. The summed E-state index contributed by atoms with van der Waals surface area (Å²) >= 11 is 3.44. The molecule has 0 fully saturated rings. The van der Waals surface area contributed by atoms with Gasteiger partial charge >= 0.3 is 0 Å². The predicted octanol–water partition coefficient (Wildman–Crippen LogP) is 5.02. The van der Waals surface area contributed by atoms with Crippen LogP contribution >= 0.6 is 15.9 Å². The van der Waals surface area contributed by atoms with Gasteiger partial charge in [-0.2, -0.15) is 5.26 Å². The van der Waals surface area contributed by atoms with Gasteiger partial charge in [-0.25, -0.2) is 4.39 Å². The number of rotatable bonds is 4. The minimum absolute atomic E-state index is 0.0291. The Bertz CT molecular complexity index is 649. The molecule has 0 heterocycles. The summed E-state index contributed by atoms with van der Waals surface area (Å²) in [5, 5.41) is 12.3. The minimum Gasteiger partial charge on any atom is -0.377 e. The van der Waals surface area contributed by atoms with E-state index in [1.165, 1.54) is 6.07 Å². The van der Waals surface area contributed by atoms with Gasteiger partial charge in [0, 0.05) is 4.47 Å². The summed E-state index contributed by atoms with van der Waals surface area (Å²) in [5.41, 5.74) is 1.68. The van der Waals surface area contributed by atoms with Gasteiger partial charge < -0.3 is 5.32 Å². The molecule has 0 aliphatic carbocycles. The normalized spacial score (nSPS) is 11.7. The number of hydrogen-bond donors (Lipinski definition) is 1. The molecule has 0 saturated carbocycles. The van der Waals surface area contributed by atoms with Crippen LogP contribution in [0.5, 0.6) is 0 Å². The lowest BCUT2D eigenvalue weighted by molar-refractivity contribution is 0.623. The quantitative estimate of drug-likeness (QED) is 0.852. The molecule has 0 bridgehead atoms. The summed E-state index contributed by atoms with van der Waals surface area (Å²) in [6, 6.07) is 14.5. The zero-order valence-electron chi connectivity index (χ0n) is 11.0. The molecule has 2 nitrogen and oxygen atoms in total. The van der Waals surface area contributed by atoms with Crippen molar-refractivity contribution in [3.8, 4) is 6.07 Å². The van der Waals surface area contributed by atoms with Gasteiger partial charge in [0.15, 0.2) is 0 Å². The summed E-state index contributed by atoms with van der Waals surface area (Å²) in [4.78, 5) is 0. The molecule has 20 heavy (non-hydrogen) atoms. The molecule has 2 aromatic rings. The van der Waals surface area contributed by atoms with E-state index < -0.39 is 5.82 Å². The van der Waals surface area contributed by atoms with Gasteiger partial charge in [-0.05, 0) is 36.2 Å². The molecule has 4 heteroatoms. The van der Waals surface area contributed by atoms with Crippen molar-refractivity contribution in [3.63, 3.8) is 0 Å². The molecule has 102 valence electrons. The van der Waals surface area contributed by atoms with Gasteiger partial charge in [0.25, 0.3) is 0 Å². The maximum atomic E-state index is 13.6. The highest BCUT2D eigenvalue weighted by Crippen LogP contribution is 2.27. The summed E-state index contributed by atoms with van der Waals surface area (Å²) < 4.78 is 14.6. The molecule has 2 aromatic carbocycles. The van der Waals surface area contributed by atoms with E-state index in [0.717, 1.165) is 16.5 Å². The lowest BCUT2D eigenvalue weighted by atomic mass is 10.0. The first-order valence-corrected chi connectivity index (χ1v) is 7.15. The molecule has 2 rings (SSSR count). The third kappa shape index (κ3) is 3.17. The summed E-state index contributed by atoms with van der Waals surface area (Å²) in [6.07, 6.45) is 0.831. The van der Waals surface area contributed by atoms with Crippen molar-refractivity contribution in [2.75, 3.05) is 5.32 Å². The molecular weight excluding hydrogens is 319 g/mol. The number of benzene rings is 2. The van der Waals surface area contributed by atoms with Crippen LogP contribution in [-0.4, -0.2) is 0 Å². The van der Waals surface area contributed by atoms with E-state index in [4.69, 9.17) is 5.26 Å². The highest BCUT2D eigenvalue weighted by atomic mass is 79.9. The van der Waals surface area contributed by atoms with Gasteiger partial charge in [-0.15, -0.1) is 0 Å². The standard InChI is InChI=1S/C16H14BrFN2/c1-2-15(11-5-3-6-12(17)9-11)20-16-8-4-7-14(18)13(16)10-19/h3-9,15,20H,2H2,1H3. The van der Waals surface area contributed by atoms with Crippen LogP contribution in [-0.2, 0) is 0 Å². The van der Waals surface area contributed by atoms with Crippen molar-refractivity contribution in [2.45, 2.75) is 19.4 Å². The SMILES string of the molecule is CCC(Nc1cccc(F)c1C#N)c1cccc(Br)c1. The summed E-state index contributed by atoms with van der Waals surface area (Å²) in [7, 11) is 0. The van der Waals surface area contributed by atoms with Gasteiger partial charge in [0.2, 0.25) is 0 Å². The van der Waals surface area contributed by atoms with Gasteiger partial charge in [-0.3, -0.25) is 0 Å². The molecule has 0 aliphatic heterocycles. The van der Waals surface area contributed by atoms with Crippen molar-refractivity contribution in [1.29, 1.82) is 5.26 Å². The van der Waals surface area contributed by atoms with Crippen LogP contribution in [0.2, 0.25) is 0 Å². The molecule has 0 aromatic heterocycles. The van der Waals surface area contributed by atoms with Crippen LogP contribution in [0.25, 0.3) is 0 Å². The third-order valence-corrected chi connectivity index (χ3v) is 3.61. The second-order valence-electron chi connectivity index (χ2n) is 4.43. The predicted molar refractivity (Wildman–Crippen MR) is 81.9 cm³/mol. The van der Waals surface area contributed by atoms with Gasteiger partial charge in [0.1, 0.15) is 17.4 Å². The average Bonchev–Trinajstić information content (AvgIpc) is 2.45. The van der Waals surface area contributed by atoms with E-state index >= 15 is 0 Å². The molecule has 1 unspecified atom stereocenters. The fourth-order valence-electron chi connectivity index (χ4n) is 2.09. The van der Waals surface area contributed by atoms with Crippen LogP contribution in [0.3, 0.4) is 0 Å². The molecule has 1 N–H and O–H groups in total. The largest absolute Gasteiger partial charge is 0.377 e. The zero-order valence-corrected chi connectivity index (χ0v) is 12.6. The third-order valence-electron chi connectivity index (χ3n) is 3.11. The van der Waals surface area contributed by atoms with E-state index in [0.29, 0.717) is 5.69 Å². The lowest BCUT2D eigenvalue weighted by Gasteiger charge is -2.20. The van der Waals surface area contributed by atoms with Crippen LogP contribution < -0.4 is 5.32 Å². The monoisotopic (exact) mass is 332 g/mol. The molecule has 1 atom stereocenters. The Morgan fingerprint density at radius 2 is 2.05 bits per heavy atom. The van der Waals surface area contributed by atoms with Gasteiger partial charge in [0.05, 0.1) is 11.7 Å². The van der Waals surface area contributed by atoms with Crippen molar-refractivity contribution >= 4 is 21.6 Å². The van der Waals surface area contributed by atoms with Crippen LogP contribution in [0.1, 0.15) is 30.5 Å². The Morgan fingerprint density at radius 1 is 1.30 bits per heavy atom. The maximum Gasteiger partial charge on any atom is 0.143 e. The molecule has 0 saturated heterocycles. The van der Waals surface area contributed by atoms with E-state index in [1.54, 1.807) is 12.1 Å². The Kier molecular flexibility index (Phi) is 4.75.